The number of hydrogen-bond acceptors (Lipinski definition) is 3. The summed E-state index contributed by atoms with van der Waals surface area (Å²) in [4.78, 5) is 15.9. The molecule has 0 unspecified atom stereocenters. The van der Waals surface area contributed by atoms with Gasteiger partial charge in [-0.3, -0.25) is 4.79 Å². The molecule has 0 radical (unpaired) electrons. The van der Waals surface area contributed by atoms with E-state index in [9.17, 15) is 9.90 Å². The highest BCUT2D eigenvalue weighted by Crippen LogP contribution is 2.20. The summed E-state index contributed by atoms with van der Waals surface area (Å²) < 4.78 is 0. The summed E-state index contributed by atoms with van der Waals surface area (Å²) in [6, 6.07) is 12.8. The number of quaternary nitrogens is 1. The largest absolute Gasteiger partial charge is 0.508 e. The van der Waals surface area contributed by atoms with Gasteiger partial charge in [-0.15, -0.1) is 0 Å². The molecule has 5 nitrogen and oxygen atoms in total. The number of carbonyl (C=O) groups is 1. The smallest absolute Gasteiger partial charge is 0.279 e. The van der Waals surface area contributed by atoms with Crippen LogP contribution >= 0.6 is 11.6 Å². The maximum atomic E-state index is 12.3. The Morgan fingerprint density at radius 3 is 2.56 bits per heavy atom. The number of anilines is 2. The Morgan fingerprint density at radius 1 is 1.20 bits per heavy atom. The van der Waals surface area contributed by atoms with Crippen LogP contribution in [-0.4, -0.2) is 43.7 Å². The summed E-state index contributed by atoms with van der Waals surface area (Å²) in [6.07, 6.45) is 0. The Kier molecular flexibility index (Phi) is 5.46. The molecule has 2 aromatic rings. The highest BCUT2D eigenvalue weighted by atomic mass is 35.5. The van der Waals surface area contributed by atoms with E-state index in [2.05, 4.69) is 10.2 Å². The number of nitrogens with zero attached hydrogens (tertiary/aromatic N) is 1. The minimum Gasteiger partial charge on any atom is -0.508 e. The summed E-state index contributed by atoms with van der Waals surface area (Å²) in [6.45, 7) is 6.00. The zero-order valence-corrected chi connectivity index (χ0v) is 15.0. The zero-order chi connectivity index (χ0) is 17.8. The number of rotatable bonds is 4. The van der Waals surface area contributed by atoms with Crippen molar-refractivity contribution in [3.8, 4) is 5.75 Å². The Hall–Kier alpha value is -2.24. The quantitative estimate of drug-likeness (QED) is 0.778. The first-order valence-electron chi connectivity index (χ1n) is 8.45. The van der Waals surface area contributed by atoms with Crippen LogP contribution in [0.1, 0.15) is 5.56 Å². The van der Waals surface area contributed by atoms with Crippen molar-refractivity contribution in [3.05, 3.63) is 53.1 Å². The number of aromatic hydroxyl groups is 1. The molecule has 0 atom stereocenters. The number of carbonyl (C=O) groups excluding carboxylic acids is 1. The lowest BCUT2D eigenvalue weighted by atomic mass is 10.2. The summed E-state index contributed by atoms with van der Waals surface area (Å²) in [5, 5.41) is 13.0. The highest BCUT2D eigenvalue weighted by molar-refractivity contribution is 6.31. The van der Waals surface area contributed by atoms with Crippen LogP contribution in [0, 0.1) is 6.92 Å². The minimum atomic E-state index is 0.0125. The molecular formula is C19H23ClN3O2+. The number of benzene rings is 2. The number of amides is 1. The van der Waals surface area contributed by atoms with E-state index in [0.29, 0.717) is 11.6 Å². The molecule has 1 fully saturated rings. The first-order chi connectivity index (χ1) is 12.0. The third-order valence-corrected chi connectivity index (χ3v) is 4.80. The van der Waals surface area contributed by atoms with Gasteiger partial charge in [0.05, 0.1) is 26.2 Å². The maximum absolute atomic E-state index is 12.3. The fraction of sp³-hybridized carbons (Fsp3) is 0.316. The van der Waals surface area contributed by atoms with Crippen molar-refractivity contribution < 1.29 is 14.8 Å². The fourth-order valence-corrected chi connectivity index (χ4v) is 3.24. The summed E-state index contributed by atoms with van der Waals surface area (Å²) >= 11 is 6.00. The summed E-state index contributed by atoms with van der Waals surface area (Å²) in [5.74, 6) is 0.291. The fourth-order valence-electron chi connectivity index (χ4n) is 3.07. The molecule has 25 heavy (non-hydrogen) atoms. The first-order valence-corrected chi connectivity index (χ1v) is 8.82. The van der Waals surface area contributed by atoms with Crippen molar-refractivity contribution in [2.24, 2.45) is 0 Å². The average Bonchev–Trinajstić information content (AvgIpc) is 2.59. The van der Waals surface area contributed by atoms with Crippen LogP contribution < -0.4 is 15.1 Å². The van der Waals surface area contributed by atoms with Crippen molar-refractivity contribution in [1.82, 2.24) is 0 Å². The SMILES string of the molecule is Cc1ccc(Cl)cc1NC(=O)C[NH+]1CCN(c2ccc(O)cc2)CC1. The molecular weight excluding hydrogens is 338 g/mol. The molecule has 0 aliphatic carbocycles. The highest BCUT2D eigenvalue weighted by Gasteiger charge is 2.22. The standard InChI is InChI=1S/C19H22ClN3O2/c1-14-2-3-15(20)12-18(14)21-19(25)13-22-8-10-23(11-9-22)16-4-6-17(24)7-5-16/h2-7,12,24H,8-11,13H2,1H3,(H,21,25)/p+1. The van der Waals surface area contributed by atoms with Crippen molar-refractivity contribution in [2.75, 3.05) is 42.9 Å². The van der Waals surface area contributed by atoms with Crippen LogP contribution in [0.2, 0.25) is 5.02 Å². The molecule has 2 aromatic carbocycles. The Bertz CT molecular complexity index is 741. The maximum Gasteiger partial charge on any atom is 0.279 e. The second-order valence-corrected chi connectivity index (χ2v) is 6.87. The average molecular weight is 361 g/mol. The van der Waals surface area contributed by atoms with Crippen LogP contribution in [-0.2, 0) is 4.79 Å². The lowest BCUT2D eigenvalue weighted by Gasteiger charge is -2.33. The molecule has 132 valence electrons. The van der Waals surface area contributed by atoms with E-state index < -0.39 is 0 Å². The number of aryl methyl sites for hydroxylation is 1. The van der Waals surface area contributed by atoms with E-state index in [1.165, 1.54) is 4.90 Å². The molecule has 1 aliphatic heterocycles. The van der Waals surface area contributed by atoms with Gasteiger partial charge < -0.3 is 20.2 Å². The first kappa shape index (κ1) is 17.6. The van der Waals surface area contributed by atoms with E-state index in [0.717, 1.165) is 43.1 Å². The second kappa shape index (κ2) is 7.76. The summed E-state index contributed by atoms with van der Waals surface area (Å²) in [5.41, 5.74) is 2.89. The van der Waals surface area contributed by atoms with Crippen LogP contribution in [0.15, 0.2) is 42.5 Å². The number of halogens is 1. The molecule has 0 bridgehead atoms. The Labute approximate surface area is 152 Å². The zero-order valence-electron chi connectivity index (χ0n) is 14.3. The van der Waals surface area contributed by atoms with Crippen molar-refractivity contribution in [3.63, 3.8) is 0 Å². The molecule has 0 aromatic heterocycles. The van der Waals surface area contributed by atoms with Gasteiger partial charge in [-0.1, -0.05) is 17.7 Å². The Balaban J connectivity index is 1.51. The van der Waals surface area contributed by atoms with E-state index in [1.807, 2.05) is 31.2 Å². The van der Waals surface area contributed by atoms with Gasteiger partial charge in [-0.2, -0.15) is 0 Å². The van der Waals surface area contributed by atoms with Gasteiger partial charge in [0.2, 0.25) is 0 Å². The van der Waals surface area contributed by atoms with E-state index in [4.69, 9.17) is 11.6 Å². The number of piperazine rings is 1. The van der Waals surface area contributed by atoms with Gasteiger partial charge in [0.25, 0.3) is 5.91 Å². The number of nitrogens with one attached hydrogen (secondary N) is 2. The van der Waals surface area contributed by atoms with E-state index >= 15 is 0 Å². The molecule has 1 aliphatic rings. The van der Waals surface area contributed by atoms with Crippen LogP contribution in [0.5, 0.6) is 5.75 Å². The molecule has 6 heteroatoms. The number of phenolic OH excluding ortho intramolecular Hbond substituents is 1. The summed E-state index contributed by atoms with van der Waals surface area (Å²) in [7, 11) is 0. The van der Waals surface area contributed by atoms with Crippen molar-refractivity contribution in [2.45, 2.75) is 6.92 Å². The molecule has 3 rings (SSSR count). The topological polar surface area (TPSA) is 57.0 Å². The molecule has 0 saturated carbocycles. The number of phenols is 1. The lowest BCUT2D eigenvalue weighted by molar-refractivity contribution is -0.892. The third kappa shape index (κ3) is 4.65. The van der Waals surface area contributed by atoms with Gasteiger partial charge >= 0.3 is 0 Å². The Morgan fingerprint density at radius 2 is 1.88 bits per heavy atom. The minimum absolute atomic E-state index is 0.0125. The van der Waals surface area contributed by atoms with Gasteiger partial charge in [0.1, 0.15) is 5.75 Å². The number of hydrogen-bond donors (Lipinski definition) is 3. The third-order valence-electron chi connectivity index (χ3n) is 4.57. The molecule has 3 N–H and O–H groups in total. The van der Waals surface area contributed by atoms with Crippen LogP contribution in [0.25, 0.3) is 0 Å². The second-order valence-electron chi connectivity index (χ2n) is 6.44. The van der Waals surface area contributed by atoms with Crippen molar-refractivity contribution >= 4 is 28.9 Å². The van der Waals surface area contributed by atoms with Crippen LogP contribution in [0.4, 0.5) is 11.4 Å². The van der Waals surface area contributed by atoms with Gasteiger partial charge in [-0.05, 0) is 48.9 Å². The molecule has 1 saturated heterocycles. The predicted octanol–water partition coefficient (Wildman–Crippen LogP) is 1.70. The normalized spacial score (nSPS) is 15.2. The molecule has 0 spiro atoms. The van der Waals surface area contributed by atoms with E-state index in [-0.39, 0.29) is 11.7 Å². The van der Waals surface area contributed by atoms with E-state index in [1.54, 1.807) is 18.2 Å². The van der Waals surface area contributed by atoms with Crippen LogP contribution in [0.3, 0.4) is 0 Å². The van der Waals surface area contributed by atoms with Gasteiger partial charge in [0, 0.05) is 16.4 Å². The van der Waals surface area contributed by atoms with Crippen molar-refractivity contribution in [1.29, 1.82) is 0 Å². The lowest BCUT2D eigenvalue weighted by Crippen LogP contribution is -3.15. The molecule has 1 amide bonds. The predicted molar refractivity (Wildman–Crippen MR) is 101 cm³/mol. The van der Waals surface area contributed by atoms with Gasteiger partial charge in [-0.25, -0.2) is 0 Å². The molecule has 1 heterocycles. The van der Waals surface area contributed by atoms with Gasteiger partial charge in [0.15, 0.2) is 6.54 Å². The monoisotopic (exact) mass is 360 g/mol.